The molecule has 1 aliphatic carbocycles. The molecule has 0 radical (unpaired) electrons. The number of rotatable bonds is 3. The number of carbonyl (C=O) groups is 1. The average Bonchev–Trinajstić information content (AvgIpc) is 3.35. The number of fused-ring (bicyclic) bond motifs is 1. The Labute approximate surface area is 157 Å². The van der Waals surface area contributed by atoms with Crippen molar-refractivity contribution in [2.45, 2.75) is 38.0 Å². The van der Waals surface area contributed by atoms with Gasteiger partial charge >= 0.3 is 0 Å². The summed E-state index contributed by atoms with van der Waals surface area (Å²) in [6, 6.07) is 10.1. The van der Waals surface area contributed by atoms with E-state index in [0.29, 0.717) is 24.7 Å². The maximum atomic E-state index is 12.7. The van der Waals surface area contributed by atoms with Crippen molar-refractivity contribution in [1.82, 2.24) is 15.1 Å². The second-order valence-electron chi connectivity index (χ2n) is 7.23. The van der Waals surface area contributed by atoms with E-state index < -0.39 is 0 Å². The summed E-state index contributed by atoms with van der Waals surface area (Å²) in [5.74, 6) is 1.09. The first-order valence-electron chi connectivity index (χ1n) is 9.45. The Hall–Kier alpha value is -3.02. The summed E-state index contributed by atoms with van der Waals surface area (Å²) in [5.41, 5.74) is 4.59. The van der Waals surface area contributed by atoms with Crippen LogP contribution in [-0.4, -0.2) is 27.6 Å². The average molecular weight is 360 g/mol. The van der Waals surface area contributed by atoms with Crippen molar-refractivity contribution in [1.29, 1.82) is 0 Å². The Morgan fingerprint density at radius 1 is 1.11 bits per heavy atom. The first kappa shape index (κ1) is 16.2. The van der Waals surface area contributed by atoms with Crippen LogP contribution in [0.15, 0.2) is 47.2 Å². The van der Waals surface area contributed by atoms with E-state index in [1.54, 1.807) is 12.4 Å². The van der Waals surface area contributed by atoms with E-state index in [-0.39, 0.29) is 11.8 Å². The molecule has 3 heterocycles. The number of aromatic nitrogens is 3. The minimum Gasteiger partial charge on any atom is -0.339 e. The van der Waals surface area contributed by atoms with Gasteiger partial charge in [-0.1, -0.05) is 17.3 Å². The van der Waals surface area contributed by atoms with Crippen molar-refractivity contribution in [2.75, 3.05) is 11.4 Å². The summed E-state index contributed by atoms with van der Waals surface area (Å²) in [7, 11) is 0. The van der Waals surface area contributed by atoms with Crippen LogP contribution in [0.5, 0.6) is 0 Å². The highest BCUT2D eigenvalue weighted by molar-refractivity contribution is 5.97. The van der Waals surface area contributed by atoms with E-state index in [4.69, 9.17) is 4.52 Å². The topological polar surface area (TPSA) is 72.1 Å². The van der Waals surface area contributed by atoms with Crippen LogP contribution < -0.4 is 4.90 Å². The van der Waals surface area contributed by atoms with Gasteiger partial charge in [-0.25, -0.2) is 0 Å². The third kappa shape index (κ3) is 2.91. The van der Waals surface area contributed by atoms with Crippen LogP contribution >= 0.6 is 0 Å². The molecule has 1 amide bonds. The number of hydrogen-bond donors (Lipinski definition) is 0. The minimum atomic E-state index is -0.0742. The van der Waals surface area contributed by atoms with Crippen molar-refractivity contribution in [3.8, 4) is 11.4 Å². The van der Waals surface area contributed by atoms with Gasteiger partial charge in [0.25, 0.3) is 0 Å². The molecular formula is C21H20N4O2. The number of carbonyl (C=O) groups excluding carboxylic acids is 1. The molecule has 136 valence electrons. The number of anilines is 1. The molecule has 2 aliphatic rings. The second-order valence-corrected chi connectivity index (χ2v) is 7.23. The zero-order valence-corrected chi connectivity index (χ0v) is 15.0. The lowest BCUT2D eigenvalue weighted by Crippen LogP contribution is -2.26. The molecule has 1 atom stereocenters. The Kier molecular flexibility index (Phi) is 3.96. The molecule has 0 N–H and O–H groups in total. The highest BCUT2D eigenvalue weighted by Crippen LogP contribution is 2.36. The van der Waals surface area contributed by atoms with Gasteiger partial charge in [-0.15, -0.1) is 0 Å². The molecule has 0 bridgehead atoms. The van der Waals surface area contributed by atoms with Crippen molar-refractivity contribution < 1.29 is 9.32 Å². The molecule has 1 aromatic carbocycles. The van der Waals surface area contributed by atoms with Crippen LogP contribution in [0.25, 0.3) is 11.4 Å². The molecule has 3 aromatic rings. The fraction of sp³-hybridized carbons (Fsp3) is 0.333. The maximum absolute atomic E-state index is 12.7. The van der Waals surface area contributed by atoms with E-state index in [9.17, 15) is 4.79 Å². The van der Waals surface area contributed by atoms with E-state index in [2.05, 4.69) is 33.3 Å². The molecule has 1 saturated heterocycles. The normalized spacial score (nSPS) is 19.3. The number of hydrogen-bond acceptors (Lipinski definition) is 5. The predicted molar refractivity (Wildman–Crippen MR) is 100 cm³/mol. The SMILES string of the molecule is O=C1CC(c2nc(-c3cccnc3)no2)CN1c1cccc2c1CCCC2. The molecule has 1 unspecified atom stereocenters. The molecule has 0 saturated carbocycles. The number of nitrogens with zero attached hydrogens (tertiary/aromatic N) is 4. The van der Waals surface area contributed by atoms with Crippen LogP contribution in [-0.2, 0) is 17.6 Å². The van der Waals surface area contributed by atoms with Gasteiger partial charge < -0.3 is 9.42 Å². The van der Waals surface area contributed by atoms with Gasteiger partial charge in [-0.2, -0.15) is 4.98 Å². The summed E-state index contributed by atoms with van der Waals surface area (Å²) in [5, 5.41) is 4.07. The monoisotopic (exact) mass is 360 g/mol. The third-order valence-electron chi connectivity index (χ3n) is 5.50. The quantitative estimate of drug-likeness (QED) is 0.714. The zero-order valence-electron chi connectivity index (χ0n) is 15.0. The summed E-state index contributed by atoms with van der Waals surface area (Å²) in [4.78, 5) is 23.3. The van der Waals surface area contributed by atoms with E-state index >= 15 is 0 Å². The van der Waals surface area contributed by atoms with Gasteiger partial charge in [0.1, 0.15) is 0 Å². The number of pyridine rings is 1. The lowest BCUT2D eigenvalue weighted by molar-refractivity contribution is -0.117. The van der Waals surface area contributed by atoms with Crippen LogP contribution in [0.4, 0.5) is 5.69 Å². The van der Waals surface area contributed by atoms with Gasteiger partial charge in [0.05, 0.1) is 5.92 Å². The summed E-state index contributed by atoms with van der Waals surface area (Å²) >= 11 is 0. The Morgan fingerprint density at radius 3 is 2.93 bits per heavy atom. The molecule has 6 heteroatoms. The smallest absolute Gasteiger partial charge is 0.232 e. The Balaban J connectivity index is 1.41. The molecule has 1 aliphatic heterocycles. The Morgan fingerprint density at radius 2 is 2.04 bits per heavy atom. The fourth-order valence-corrected chi connectivity index (χ4v) is 4.13. The van der Waals surface area contributed by atoms with E-state index in [0.717, 1.165) is 24.1 Å². The van der Waals surface area contributed by atoms with Gasteiger partial charge in [0.15, 0.2) is 0 Å². The largest absolute Gasteiger partial charge is 0.339 e. The minimum absolute atomic E-state index is 0.0742. The number of amides is 1. The lowest BCUT2D eigenvalue weighted by Gasteiger charge is -2.25. The van der Waals surface area contributed by atoms with Crippen molar-refractivity contribution in [2.24, 2.45) is 0 Å². The predicted octanol–water partition coefficient (Wildman–Crippen LogP) is 3.53. The van der Waals surface area contributed by atoms with Crippen LogP contribution in [0, 0.1) is 0 Å². The first-order chi connectivity index (χ1) is 13.3. The lowest BCUT2D eigenvalue weighted by atomic mass is 9.90. The van der Waals surface area contributed by atoms with Crippen LogP contribution in [0.1, 0.15) is 42.2 Å². The summed E-state index contributed by atoms with van der Waals surface area (Å²) in [6.07, 6.45) is 8.38. The molecule has 5 rings (SSSR count). The van der Waals surface area contributed by atoms with Gasteiger partial charge in [0.2, 0.25) is 17.6 Å². The summed E-state index contributed by atoms with van der Waals surface area (Å²) < 4.78 is 5.48. The first-order valence-corrected chi connectivity index (χ1v) is 9.45. The van der Waals surface area contributed by atoms with Crippen molar-refractivity contribution >= 4 is 11.6 Å². The highest BCUT2D eigenvalue weighted by atomic mass is 16.5. The number of benzene rings is 1. The van der Waals surface area contributed by atoms with Crippen molar-refractivity contribution in [3.05, 3.63) is 59.7 Å². The molecule has 1 fully saturated rings. The maximum Gasteiger partial charge on any atom is 0.232 e. The molecular weight excluding hydrogens is 340 g/mol. The number of aryl methyl sites for hydroxylation is 1. The van der Waals surface area contributed by atoms with Crippen LogP contribution in [0.2, 0.25) is 0 Å². The fourth-order valence-electron chi connectivity index (χ4n) is 4.13. The van der Waals surface area contributed by atoms with E-state index in [1.165, 1.54) is 24.0 Å². The van der Waals surface area contributed by atoms with Gasteiger partial charge in [-0.05, 0) is 55.0 Å². The zero-order chi connectivity index (χ0) is 18.2. The molecule has 27 heavy (non-hydrogen) atoms. The third-order valence-corrected chi connectivity index (χ3v) is 5.50. The highest BCUT2D eigenvalue weighted by Gasteiger charge is 2.36. The summed E-state index contributed by atoms with van der Waals surface area (Å²) in [6.45, 7) is 0.587. The van der Waals surface area contributed by atoms with Gasteiger partial charge in [0, 0.05) is 36.6 Å². The van der Waals surface area contributed by atoms with Crippen LogP contribution in [0.3, 0.4) is 0 Å². The molecule has 0 spiro atoms. The van der Waals surface area contributed by atoms with E-state index in [1.807, 2.05) is 17.0 Å². The second kappa shape index (κ2) is 6.61. The molecule has 2 aromatic heterocycles. The van der Waals surface area contributed by atoms with Gasteiger partial charge in [-0.3, -0.25) is 9.78 Å². The standard InChI is InChI=1S/C21H20N4O2/c26-19-11-16(21-23-20(24-27-21)15-7-4-10-22-12-15)13-25(19)18-9-3-6-14-5-1-2-8-17(14)18/h3-4,6-7,9-10,12,16H,1-2,5,8,11,13H2. The Bertz CT molecular complexity index is 983. The molecule has 6 nitrogen and oxygen atoms in total. The van der Waals surface area contributed by atoms with Crippen molar-refractivity contribution in [3.63, 3.8) is 0 Å².